The van der Waals surface area contributed by atoms with Gasteiger partial charge in [-0.3, -0.25) is 4.90 Å². The Morgan fingerprint density at radius 1 is 1.12 bits per heavy atom. The highest BCUT2D eigenvalue weighted by Crippen LogP contribution is 2.25. The minimum absolute atomic E-state index is 0.232. The van der Waals surface area contributed by atoms with E-state index in [9.17, 15) is 4.39 Å². The number of piperidine rings is 1. The second-order valence-corrected chi connectivity index (χ2v) is 6.67. The van der Waals surface area contributed by atoms with E-state index in [0.29, 0.717) is 0 Å². The van der Waals surface area contributed by atoms with Crippen LogP contribution in [0.25, 0.3) is 16.8 Å². The van der Waals surface area contributed by atoms with Crippen molar-refractivity contribution in [3.63, 3.8) is 0 Å². The molecule has 1 aliphatic rings. The Kier molecular flexibility index (Phi) is 3.98. The lowest BCUT2D eigenvalue weighted by atomic mass is 9.98. The third-order valence-corrected chi connectivity index (χ3v) is 4.82. The molecule has 4 rings (SSSR count). The van der Waals surface area contributed by atoms with Gasteiger partial charge in [-0.2, -0.15) is 4.52 Å². The number of fused-ring (bicyclic) bond motifs is 1. The first-order chi connectivity index (χ1) is 11.7. The molecule has 0 saturated carbocycles. The van der Waals surface area contributed by atoms with Crippen molar-refractivity contribution in [1.82, 2.24) is 24.9 Å². The van der Waals surface area contributed by atoms with Crippen molar-refractivity contribution in [2.45, 2.75) is 26.3 Å². The van der Waals surface area contributed by atoms with Gasteiger partial charge in [0.1, 0.15) is 5.82 Å². The molecule has 0 unspecified atom stereocenters. The SMILES string of the molecule is CC1CCN(Cc2cc(-c3ccc(F)cc3)cn3nnnc23)CC1. The zero-order valence-electron chi connectivity index (χ0n) is 13.7. The lowest BCUT2D eigenvalue weighted by Gasteiger charge is -2.30. The maximum absolute atomic E-state index is 13.2. The van der Waals surface area contributed by atoms with Crippen LogP contribution >= 0.6 is 0 Å². The summed E-state index contributed by atoms with van der Waals surface area (Å²) in [6.07, 6.45) is 4.36. The van der Waals surface area contributed by atoms with E-state index in [2.05, 4.69) is 33.4 Å². The van der Waals surface area contributed by atoms with Crippen LogP contribution in [0.4, 0.5) is 4.39 Å². The molecule has 124 valence electrons. The molecule has 0 spiro atoms. The molecule has 2 aromatic heterocycles. The average Bonchev–Trinajstić information content (AvgIpc) is 3.06. The van der Waals surface area contributed by atoms with Gasteiger partial charge in [-0.25, -0.2) is 4.39 Å². The van der Waals surface area contributed by atoms with Gasteiger partial charge in [0.2, 0.25) is 0 Å². The molecule has 1 saturated heterocycles. The fourth-order valence-electron chi connectivity index (χ4n) is 3.29. The van der Waals surface area contributed by atoms with E-state index in [1.807, 2.05) is 6.20 Å². The van der Waals surface area contributed by atoms with Gasteiger partial charge in [0.05, 0.1) is 0 Å². The summed E-state index contributed by atoms with van der Waals surface area (Å²) in [5, 5.41) is 12.0. The number of nitrogens with zero attached hydrogens (tertiary/aromatic N) is 5. The van der Waals surface area contributed by atoms with E-state index in [0.717, 1.165) is 47.9 Å². The number of pyridine rings is 1. The second-order valence-electron chi connectivity index (χ2n) is 6.67. The summed E-state index contributed by atoms with van der Waals surface area (Å²) in [6, 6.07) is 8.65. The lowest BCUT2D eigenvalue weighted by Crippen LogP contribution is -2.32. The van der Waals surface area contributed by atoms with Crippen LogP contribution in [0.1, 0.15) is 25.3 Å². The average molecular weight is 325 g/mol. The highest BCUT2D eigenvalue weighted by molar-refractivity contribution is 5.66. The molecule has 24 heavy (non-hydrogen) atoms. The number of rotatable bonds is 3. The number of tetrazole rings is 1. The molecule has 0 radical (unpaired) electrons. The predicted octanol–water partition coefficient (Wildman–Crippen LogP) is 3.16. The Balaban J connectivity index is 1.68. The fourth-order valence-corrected chi connectivity index (χ4v) is 3.29. The summed E-state index contributed by atoms with van der Waals surface area (Å²) in [7, 11) is 0. The van der Waals surface area contributed by atoms with E-state index in [4.69, 9.17) is 0 Å². The third kappa shape index (κ3) is 3.01. The molecule has 0 N–H and O–H groups in total. The Hall–Kier alpha value is -2.34. The Morgan fingerprint density at radius 2 is 1.88 bits per heavy atom. The zero-order valence-corrected chi connectivity index (χ0v) is 13.7. The Bertz CT molecular complexity index is 834. The van der Waals surface area contributed by atoms with E-state index in [1.54, 1.807) is 16.6 Å². The standard InChI is InChI=1S/C18H20FN5/c1-13-6-8-23(9-7-13)11-16-10-15(12-24-18(16)20-21-22-24)14-2-4-17(19)5-3-14/h2-5,10,12-13H,6-9,11H2,1H3. The Morgan fingerprint density at radius 3 is 2.62 bits per heavy atom. The van der Waals surface area contributed by atoms with Crippen molar-refractivity contribution in [2.75, 3.05) is 13.1 Å². The first-order valence-corrected chi connectivity index (χ1v) is 8.38. The molecule has 5 nitrogen and oxygen atoms in total. The molecule has 3 aromatic rings. The zero-order chi connectivity index (χ0) is 16.5. The van der Waals surface area contributed by atoms with Crippen molar-refractivity contribution < 1.29 is 4.39 Å². The molecule has 1 aromatic carbocycles. The van der Waals surface area contributed by atoms with Crippen LogP contribution in [-0.4, -0.2) is 38.0 Å². The smallest absolute Gasteiger partial charge is 0.183 e. The summed E-state index contributed by atoms with van der Waals surface area (Å²) in [5.41, 5.74) is 3.85. The van der Waals surface area contributed by atoms with Crippen molar-refractivity contribution in [3.05, 3.63) is 47.9 Å². The monoisotopic (exact) mass is 325 g/mol. The fraction of sp³-hybridized carbons (Fsp3) is 0.389. The van der Waals surface area contributed by atoms with E-state index in [1.165, 1.54) is 25.0 Å². The molecule has 0 aliphatic carbocycles. The number of likely N-dealkylation sites (tertiary alicyclic amines) is 1. The maximum Gasteiger partial charge on any atom is 0.183 e. The van der Waals surface area contributed by atoms with Crippen LogP contribution in [-0.2, 0) is 6.54 Å². The second kappa shape index (κ2) is 6.28. The van der Waals surface area contributed by atoms with Crippen molar-refractivity contribution in [1.29, 1.82) is 0 Å². The third-order valence-electron chi connectivity index (χ3n) is 4.82. The van der Waals surface area contributed by atoms with Gasteiger partial charge in [-0.15, -0.1) is 5.10 Å². The van der Waals surface area contributed by atoms with Crippen LogP contribution in [0.2, 0.25) is 0 Å². The first kappa shape index (κ1) is 15.2. The van der Waals surface area contributed by atoms with Gasteiger partial charge in [0.15, 0.2) is 5.65 Å². The minimum atomic E-state index is -0.232. The van der Waals surface area contributed by atoms with E-state index < -0.39 is 0 Å². The number of hydrogen-bond donors (Lipinski definition) is 0. The first-order valence-electron chi connectivity index (χ1n) is 8.38. The highest BCUT2D eigenvalue weighted by atomic mass is 19.1. The van der Waals surface area contributed by atoms with Gasteiger partial charge in [0, 0.05) is 23.9 Å². The molecular weight excluding hydrogens is 305 g/mol. The van der Waals surface area contributed by atoms with Gasteiger partial charge >= 0.3 is 0 Å². The highest BCUT2D eigenvalue weighted by Gasteiger charge is 2.18. The summed E-state index contributed by atoms with van der Waals surface area (Å²) in [6.45, 7) is 5.37. The molecule has 1 aliphatic heterocycles. The molecule has 6 heteroatoms. The van der Waals surface area contributed by atoms with Crippen molar-refractivity contribution >= 4 is 5.65 Å². The number of benzene rings is 1. The quantitative estimate of drug-likeness (QED) is 0.742. The summed E-state index contributed by atoms with van der Waals surface area (Å²) < 4.78 is 14.9. The summed E-state index contributed by atoms with van der Waals surface area (Å²) in [4.78, 5) is 2.46. The Labute approximate surface area is 140 Å². The minimum Gasteiger partial charge on any atom is -0.299 e. The summed E-state index contributed by atoms with van der Waals surface area (Å²) in [5.74, 6) is 0.575. The van der Waals surface area contributed by atoms with Gasteiger partial charge in [0.25, 0.3) is 0 Å². The van der Waals surface area contributed by atoms with Crippen LogP contribution in [0.15, 0.2) is 36.5 Å². The van der Waals surface area contributed by atoms with Gasteiger partial charge in [-0.05, 0) is 66.0 Å². The topological polar surface area (TPSA) is 46.3 Å². The van der Waals surface area contributed by atoms with Crippen LogP contribution in [0.3, 0.4) is 0 Å². The van der Waals surface area contributed by atoms with Gasteiger partial charge < -0.3 is 0 Å². The lowest BCUT2D eigenvalue weighted by molar-refractivity contribution is 0.185. The predicted molar refractivity (Wildman–Crippen MR) is 89.9 cm³/mol. The molecule has 0 bridgehead atoms. The number of halogens is 1. The number of aromatic nitrogens is 4. The van der Waals surface area contributed by atoms with E-state index in [-0.39, 0.29) is 5.82 Å². The molecule has 0 amide bonds. The molecule has 1 fully saturated rings. The van der Waals surface area contributed by atoms with Crippen LogP contribution < -0.4 is 0 Å². The van der Waals surface area contributed by atoms with Gasteiger partial charge in [-0.1, -0.05) is 19.1 Å². The molecular formula is C18H20FN5. The normalized spacial score (nSPS) is 16.8. The van der Waals surface area contributed by atoms with Crippen LogP contribution in [0, 0.1) is 11.7 Å². The van der Waals surface area contributed by atoms with Crippen molar-refractivity contribution in [3.8, 4) is 11.1 Å². The largest absolute Gasteiger partial charge is 0.299 e. The van der Waals surface area contributed by atoms with Crippen LogP contribution in [0.5, 0.6) is 0 Å². The molecule has 3 heterocycles. The van der Waals surface area contributed by atoms with Crippen molar-refractivity contribution in [2.24, 2.45) is 5.92 Å². The summed E-state index contributed by atoms with van der Waals surface area (Å²) >= 11 is 0. The van der Waals surface area contributed by atoms with E-state index >= 15 is 0 Å². The maximum atomic E-state index is 13.2. The molecule has 0 atom stereocenters. The number of hydrogen-bond acceptors (Lipinski definition) is 4.